The molecule has 0 aromatic heterocycles. The summed E-state index contributed by atoms with van der Waals surface area (Å²) in [6.07, 6.45) is 0. The van der Waals surface area contributed by atoms with Crippen LogP contribution < -0.4 is 5.32 Å². The molecule has 148 valence electrons. The number of anilines is 1. The molecule has 0 bridgehead atoms. The van der Waals surface area contributed by atoms with Crippen LogP contribution in [0.15, 0.2) is 48.5 Å². The Morgan fingerprint density at radius 1 is 1.07 bits per heavy atom. The Bertz CT molecular complexity index is 881. The largest absolute Gasteiger partial charge is 0.324 e. The summed E-state index contributed by atoms with van der Waals surface area (Å²) in [6.45, 7) is 5.94. The van der Waals surface area contributed by atoms with Gasteiger partial charge in [-0.1, -0.05) is 32.9 Å². The molecule has 7 heteroatoms. The minimum atomic E-state index is -0.758. The molecule has 1 N–H and O–H groups in total. The first-order valence-electron chi connectivity index (χ1n) is 8.93. The zero-order valence-electron chi connectivity index (χ0n) is 15.9. The van der Waals surface area contributed by atoms with Crippen molar-refractivity contribution in [3.05, 3.63) is 65.7 Å². The first kappa shape index (κ1) is 20.3. The zero-order chi connectivity index (χ0) is 20.5. The van der Waals surface area contributed by atoms with Gasteiger partial charge in [-0.3, -0.25) is 9.59 Å². The Morgan fingerprint density at radius 3 is 2.32 bits per heavy atom. The first-order valence-corrected chi connectivity index (χ1v) is 9.98. The molecule has 1 saturated heterocycles. The number of carbonyl (C=O) groups excluding carboxylic acids is 2. The van der Waals surface area contributed by atoms with Crippen molar-refractivity contribution in [3.8, 4) is 0 Å². The summed E-state index contributed by atoms with van der Waals surface area (Å²) < 4.78 is 27.3. The lowest BCUT2D eigenvalue weighted by Crippen LogP contribution is -2.51. The van der Waals surface area contributed by atoms with Crippen LogP contribution in [0.1, 0.15) is 31.1 Å². The number of hydrogen-bond acceptors (Lipinski definition) is 3. The Balaban J connectivity index is 1.90. The number of halogens is 2. The Morgan fingerprint density at radius 2 is 1.71 bits per heavy atom. The van der Waals surface area contributed by atoms with Crippen molar-refractivity contribution in [2.75, 3.05) is 11.1 Å². The summed E-state index contributed by atoms with van der Waals surface area (Å²) >= 11 is 1.50. The third-order valence-corrected chi connectivity index (χ3v) is 6.25. The first-order chi connectivity index (χ1) is 13.2. The monoisotopic (exact) mass is 404 g/mol. The lowest BCUT2D eigenvalue weighted by molar-refractivity contribution is -0.120. The fraction of sp³-hybridized carbons (Fsp3) is 0.333. The molecule has 3 rings (SSSR count). The molecule has 0 aliphatic carbocycles. The molecule has 0 spiro atoms. The third-order valence-electron chi connectivity index (χ3n) is 4.49. The molecule has 28 heavy (non-hydrogen) atoms. The van der Waals surface area contributed by atoms with Crippen LogP contribution in [-0.2, 0) is 4.79 Å². The van der Waals surface area contributed by atoms with Gasteiger partial charge in [0.1, 0.15) is 17.7 Å². The summed E-state index contributed by atoms with van der Waals surface area (Å²) in [4.78, 5) is 27.6. The average molecular weight is 404 g/mol. The summed E-state index contributed by atoms with van der Waals surface area (Å²) in [5.74, 6) is -1.51. The lowest BCUT2D eigenvalue weighted by Gasteiger charge is -2.36. The van der Waals surface area contributed by atoms with E-state index in [2.05, 4.69) is 5.32 Å². The van der Waals surface area contributed by atoms with Gasteiger partial charge in [0.05, 0.1) is 10.9 Å². The van der Waals surface area contributed by atoms with Crippen molar-refractivity contribution in [1.82, 2.24) is 4.90 Å². The van der Waals surface area contributed by atoms with Crippen LogP contribution in [0.5, 0.6) is 0 Å². The molecule has 1 heterocycles. The van der Waals surface area contributed by atoms with Gasteiger partial charge in [-0.25, -0.2) is 8.78 Å². The Labute approximate surface area is 167 Å². The van der Waals surface area contributed by atoms with E-state index >= 15 is 0 Å². The number of rotatable bonds is 3. The summed E-state index contributed by atoms with van der Waals surface area (Å²) in [5.41, 5.74) is 0.0731. The van der Waals surface area contributed by atoms with Crippen LogP contribution in [0, 0.1) is 17.0 Å². The molecular formula is C21H22F2N2O2S. The van der Waals surface area contributed by atoms with E-state index in [0.29, 0.717) is 11.4 Å². The van der Waals surface area contributed by atoms with Crippen molar-refractivity contribution in [2.45, 2.75) is 32.2 Å². The molecule has 2 aromatic carbocycles. The molecule has 1 aliphatic heterocycles. The molecule has 2 atom stereocenters. The molecule has 2 aromatic rings. The second-order valence-corrected chi connectivity index (χ2v) is 8.87. The van der Waals surface area contributed by atoms with Crippen LogP contribution in [0.2, 0.25) is 0 Å². The van der Waals surface area contributed by atoms with E-state index in [-0.39, 0.29) is 22.3 Å². The van der Waals surface area contributed by atoms with Gasteiger partial charge < -0.3 is 10.2 Å². The highest BCUT2D eigenvalue weighted by atomic mass is 32.2. The van der Waals surface area contributed by atoms with Crippen molar-refractivity contribution in [2.24, 2.45) is 5.41 Å². The molecule has 4 nitrogen and oxygen atoms in total. The van der Waals surface area contributed by atoms with Gasteiger partial charge in [0.15, 0.2) is 0 Å². The lowest BCUT2D eigenvalue weighted by atomic mass is 9.94. The number of benzene rings is 2. The van der Waals surface area contributed by atoms with Gasteiger partial charge in [-0.15, -0.1) is 11.8 Å². The number of amides is 2. The molecule has 0 saturated carbocycles. The molecule has 1 aliphatic rings. The predicted octanol–water partition coefficient (Wildman–Crippen LogP) is 4.53. The number of hydrogen-bond donors (Lipinski definition) is 1. The standard InChI is InChI=1S/C21H22F2N2O2S/c1-21(2,3)20-25(19(27)15-6-4-5-7-16(15)23)17(12-28-20)18(26)24-14-10-8-13(22)9-11-14/h4-11,17,20H,12H2,1-3H3,(H,24,26). The van der Waals surface area contributed by atoms with Gasteiger partial charge in [0.25, 0.3) is 5.91 Å². The molecule has 2 amide bonds. The van der Waals surface area contributed by atoms with Crippen LogP contribution in [0.4, 0.5) is 14.5 Å². The van der Waals surface area contributed by atoms with Gasteiger partial charge in [-0.05, 0) is 41.8 Å². The quantitative estimate of drug-likeness (QED) is 0.818. The van der Waals surface area contributed by atoms with Gasteiger partial charge in [0, 0.05) is 11.4 Å². The fourth-order valence-electron chi connectivity index (χ4n) is 3.16. The SMILES string of the molecule is CC(C)(C)C1SCC(C(=O)Nc2ccc(F)cc2)N1C(=O)c1ccccc1F. The van der Waals surface area contributed by atoms with Crippen molar-refractivity contribution in [1.29, 1.82) is 0 Å². The predicted molar refractivity (Wildman–Crippen MR) is 107 cm³/mol. The maximum Gasteiger partial charge on any atom is 0.258 e. The minimum Gasteiger partial charge on any atom is -0.324 e. The Kier molecular flexibility index (Phi) is 5.74. The van der Waals surface area contributed by atoms with E-state index in [0.717, 1.165) is 0 Å². The topological polar surface area (TPSA) is 49.4 Å². The Hall–Kier alpha value is -2.41. The minimum absolute atomic E-state index is 0.0566. The summed E-state index contributed by atoms with van der Waals surface area (Å²) in [7, 11) is 0. The van der Waals surface area contributed by atoms with Gasteiger partial charge in [0.2, 0.25) is 5.91 Å². The van der Waals surface area contributed by atoms with Gasteiger partial charge >= 0.3 is 0 Å². The van der Waals surface area contributed by atoms with Crippen LogP contribution >= 0.6 is 11.8 Å². The van der Waals surface area contributed by atoms with E-state index in [1.165, 1.54) is 59.1 Å². The van der Waals surface area contributed by atoms with Crippen molar-refractivity contribution >= 4 is 29.3 Å². The number of thioether (sulfide) groups is 1. The van der Waals surface area contributed by atoms with Crippen LogP contribution in [-0.4, -0.2) is 33.9 Å². The van der Waals surface area contributed by atoms with E-state index in [9.17, 15) is 18.4 Å². The highest BCUT2D eigenvalue weighted by Gasteiger charge is 2.46. The number of nitrogens with one attached hydrogen (secondary N) is 1. The maximum absolute atomic E-state index is 14.2. The van der Waals surface area contributed by atoms with E-state index in [1.54, 1.807) is 6.07 Å². The normalized spacial score (nSPS) is 19.5. The van der Waals surface area contributed by atoms with Crippen LogP contribution in [0.25, 0.3) is 0 Å². The van der Waals surface area contributed by atoms with E-state index in [4.69, 9.17) is 0 Å². The molecule has 1 fully saturated rings. The van der Waals surface area contributed by atoms with Gasteiger partial charge in [-0.2, -0.15) is 0 Å². The smallest absolute Gasteiger partial charge is 0.258 e. The zero-order valence-corrected chi connectivity index (χ0v) is 16.7. The highest BCUT2D eigenvalue weighted by Crippen LogP contribution is 2.41. The number of nitrogens with zero attached hydrogens (tertiary/aromatic N) is 1. The number of carbonyl (C=O) groups is 2. The second-order valence-electron chi connectivity index (χ2n) is 7.76. The van der Waals surface area contributed by atoms with Crippen molar-refractivity contribution < 1.29 is 18.4 Å². The van der Waals surface area contributed by atoms with E-state index in [1.807, 2.05) is 20.8 Å². The van der Waals surface area contributed by atoms with E-state index < -0.39 is 23.6 Å². The summed E-state index contributed by atoms with van der Waals surface area (Å²) in [5, 5.41) is 2.44. The average Bonchev–Trinajstić information content (AvgIpc) is 3.09. The molecule has 0 radical (unpaired) electrons. The fourth-order valence-corrected chi connectivity index (χ4v) is 4.74. The van der Waals surface area contributed by atoms with Crippen molar-refractivity contribution in [3.63, 3.8) is 0 Å². The highest BCUT2D eigenvalue weighted by molar-refractivity contribution is 8.00. The third kappa shape index (κ3) is 4.19. The molecular weight excluding hydrogens is 382 g/mol. The maximum atomic E-state index is 14.2. The second kappa shape index (κ2) is 7.91. The molecule has 2 unspecified atom stereocenters. The summed E-state index contributed by atoms with van der Waals surface area (Å²) in [6, 6.07) is 10.4. The van der Waals surface area contributed by atoms with Crippen LogP contribution in [0.3, 0.4) is 0 Å².